The summed E-state index contributed by atoms with van der Waals surface area (Å²) in [4.78, 5) is 22.1. The van der Waals surface area contributed by atoms with Gasteiger partial charge in [-0.15, -0.1) is 0 Å². The van der Waals surface area contributed by atoms with Crippen LogP contribution in [0.5, 0.6) is 5.75 Å². The molecule has 0 aliphatic carbocycles. The van der Waals surface area contributed by atoms with Gasteiger partial charge in [0.05, 0.1) is 5.56 Å². The van der Waals surface area contributed by atoms with Crippen molar-refractivity contribution in [1.82, 2.24) is 9.97 Å². The monoisotopic (exact) mass is 350 g/mol. The van der Waals surface area contributed by atoms with E-state index in [0.29, 0.717) is 16.5 Å². The minimum atomic E-state index is -0.351. The molecule has 1 heterocycles. The van der Waals surface area contributed by atoms with Crippen LogP contribution in [-0.2, 0) is 0 Å². The van der Waals surface area contributed by atoms with Crippen LogP contribution in [-0.4, -0.2) is 15.9 Å². The highest BCUT2D eigenvalue weighted by Gasteiger charge is 2.11. The zero-order valence-corrected chi connectivity index (χ0v) is 15.1. The molecular weight excluding hydrogens is 332 g/mol. The first-order chi connectivity index (χ1) is 12.0. The average Bonchev–Trinajstić information content (AvgIpc) is 2.56. The number of carbonyl (C=O) groups is 1. The van der Waals surface area contributed by atoms with Crippen molar-refractivity contribution in [2.45, 2.75) is 30.8 Å². The number of rotatable bonds is 4. The van der Waals surface area contributed by atoms with Crippen molar-refractivity contribution < 1.29 is 9.53 Å². The highest BCUT2D eigenvalue weighted by molar-refractivity contribution is 7.99. The summed E-state index contributed by atoms with van der Waals surface area (Å²) >= 11 is 1.48. The van der Waals surface area contributed by atoms with Crippen molar-refractivity contribution >= 4 is 17.7 Å². The van der Waals surface area contributed by atoms with Gasteiger partial charge in [-0.3, -0.25) is 0 Å². The van der Waals surface area contributed by atoms with E-state index in [2.05, 4.69) is 9.97 Å². The molecular formula is C20H18N2O2S. The molecule has 126 valence electrons. The van der Waals surface area contributed by atoms with Crippen LogP contribution in [0.25, 0.3) is 0 Å². The molecule has 0 atom stereocenters. The Kier molecular flexibility index (Phi) is 5.14. The minimum Gasteiger partial charge on any atom is -0.423 e. The third-order valence-electron chi connectivity index (χ3n) is 3.57. The fourth-order valence-corrected chi connectivity index (χ4v) is 3.25. The number of hydrogen-bond donors (Lipinski definition) is 0. The molecule has 0 fully saturated rings. The predicted molar refractivity (Wildman–Crippen MR) is 98.2 cm³/mol. The maximum absolute atomic E-state index is 12.2. The second-order valence-electron chi connectivity index (χ2n) is 5.71. The quantitative estimate of drug-likeness (QED) is 0.385. The summed E-state index contributed by atoms with van der Waals surface area (Å²) < 4.78 is 5.45. The molecule has 3 aromatic rings. The molecule has 5 heteroatoms. The van der Waals surface area contributed by atoms with E-state index in [1.54, 1.807) is 18.2 Å². The largest absolute Gasteiger partial charge is 0.423 e. The zero-order valence-electron chi connectivity index (χ0n) is 14.3. The van der Waals surface area contributed by atoms with Gasteiger partial charge in [-0.25, -0.2) is 14.8 Å². The van der Waals surface area contributed by atoms with Crippen molar-refractivity contribution in [2.75, 3.05) is 0 Å². The lowest BCUT2D eigenvalue weighted by atomic mass is 10.1. The van der Waals surface area contributed by atoms with Crippen molar-refractivity contribution in [3.8, 4) is 5.75 Å². The highest BCUT2D eigenvalue weighted by atomic mass is 32.2. The van der Waals surface area contributed by atoms with E-state index in [4.69, 9.17) is 4.74 Å². The van der Waals surface area contributed by atoms with Crippen molar-refractivity contribution in [1.29, 1.82) is 0 Å². The van der Waals surface area contributed by atoms with E-state index >= 15 is 0 Å². The number of carbonyl (C=O) groups excluding carboxylic acids is 1. The Hall–Kier alpha value is -2.66. The number of esters is 1. The lowest BCUT2D eigenvalue weighted by Gasteiger charge is -2.07. The topological polar surface area (TPSA) is 52.1 Å². The lowest BCUT2D eigenvalue weighted by molar-refractivity contribution is 0.0734. The Morgan fingerprint density at radius 3 is 2.20 bits per heavy atom. The summed E-state index contributed by atoms with van der Waals surface area (Å²) in [5.41, 5.74) is 3.36. The van der Waals surface area contributed by atoms with Gasteiger partial charge in [0.1, 0.15) is 5.75 Å². The lowest BCUT2D eigenvalue weighted by Crippen LogP contribution is -2.09. The van der Waals surface area contributed by atoms with Crippen LogP contribution in [0.15, 0.2) is 64.6 Å². The van der Waals surface area contributed by atoms with Gasteiger partial charge < -0.3 is 4.74 Å². The van der Waals surface area contributed by atoms with E-state index < -0.39 is 0 Å². The smallest absolute Gasteiger partial charge is 0.343 e. The number of aryl methyl sites for hydroxylation is 3. The Morgan fingerprint density at radius 1 is 0.920 bits per heavy atom. The van der Waals surface area contributed by atoms with E-state index in [0.717, 1.165) is 21.8 Å². The Balaban J connectivity index is 1.70. The normalized spacial score (nSPS) is 10.5. The van der Waals surface area contributed by atoms with Gasteiger partial charge in [0.2, 0.25) is 0 Å². The van der Waals surface area contributed by atoms with Gasteiger partial charge in [0.25, 0.3) is 0 Å². The molecule has 0 saturated carbocycles. The Labute approximate surface area is 151 Å². The SMILES string of the molecule is Cc1cc(C)nc(Sc2ccc(OC(=O)c3ccccc3C)cc2)n1. The van der Waals surface area contributed by atoms with Crippen LogP contribution in [0.1, 0.15) is 27.3 Å². The maximum Gasteiger partial charge on any atom is 0.343 e. The average molecular weight is 350 g/mol. The fourth-order valence-electron chi connectivity index (χ4n) is 2.38. The van der Waals surface area contributed by atoms with Crippen LogP contribution in [0.2, 0.25) is 0 Å². The summed E-state index contributed by atoms with van der Waals surface area (Å²) in [5, 5.41) is 0.710. The van der Waals surface area contributed by atoms with Gasteiger partial charge in [0.15, 0.2) is 5.16 Å². The number of hydrogen-bond acceptors (Lipinski definition) is 5. The molecule has 0 bridgehead atoms. The Morgan fingerprint density at radius 2 is 1.56 bits per heavy atom. The van der Waals surface area contributed by atoms with Crippen molar-refractivity contribution in [3.05, 3.63) is 77.1 Å². The summed E-state index contributed by atoms with van der Waals surface area (Å²) in [6, 6.07) is 16.7. The molecule has 0 spiro atoms. The molecule has 0 amide bonds. The summed E-state index contributed by atoms with van der Waals surface area (Å²) in [5.74, 6) is 0.162. The number of nitrogens with zero attached hydrogens (tertiary/aromatic N) is 2. The summed E-state index contributed by atoms with van der Waals surface area (Å²) in [6.07, 6.45) is 0. The molecule has 0 aliphatic rings. The van der Waals surface area contributed by atoms with Gasteiger partial charge in [-0.05, 0) is 74.5 Å². The number of benzene rings is 2. The first-order valence-electron chi connectivity index (χ1n) is 7.89. The van der Waals surface area contributed by atoms with Crippen LogP contribution in [0.4, 0.5) is 0 Å². The zero-order chi connectivity index (χ0) is 17.8. The van der Waals surface area contributed by atoms with Crippen LogP contribution in [0, 0.1) is 20.8 Å². The number of aromatic nitrogens is 2. The maximum atomic E-state index is 12.2. The van der Waals surface area contributed by atoms with Crippen LogP contribution in [0.3, 0.4) is 0 Å². The summed E-state index contributed by atoms with van der Waals surface area (Å²) in [6.45, 7) is 5.79. The van der Waals surface area contributed by atoms with E-state index in [9.17, 15) is 4.79 Å². The van der Waals surface area contributed by atoms with Crippen molar-refractivity contribution in [3.63, 3.8) is 0 Å². The third kappa shape index (κ3) is 4.45. The first-order valence-corrected chi connectivity index (χ1v) is 8.71. The second kappa shape index (κ2) is 7.49. The van der Waals surface area contributed by atoms with Gasteiger partial charge >= 0.3 is 5.97 Å². The fraction of sp³-hybridized carbons (Fsp3) is 0.150. The first kappa shape index (κ1) is 17.2. The molecule has 0 N–H and O–H groups in total. The second-order valence-corrected chi connectivity index (χ2v) is 6.75. The van der Waals surface area contributed by atoms with E-state index in [-0.39, 0.29) is 5.97 Å². The number of ether oxygens (including phenoxy) is 1. The van der Waals surface area contributed by atoms with Gasteiger partial charge in [0, 0.05) is 16.3 Å². The highest BCUT2D eigenvalue weighted by Crippen LogP contribution is 2.27. The minimum absolute atomic E-state index is 0.351. The van der Waals surface area contributed by atoms with Gasteiger partial charge in [-0.1, -0.05) is 18.2 Å². The third-order valence-corrected chi connectivity index (χ3v) is 4.44. The van der Waals surface area contributed by atoms with Gasteiger partial charge in [-0.2, -0.15) is 0 Å². The molecule has 25 heavy (non-hydrogen) atoms. The molecule has 0 saturated heterocycles. The summed E-state index contributed by atoms with van der Waals surface area (Å²) in [7, 11) is 0. The molecule has 3 rings (SSSR count). The van der Waals surface area contributed by atoms with Crippen molar-refractivity contribution in [2.24, 2.45) is 0 Å². The molecule has 0 aliphatic heterocycles. The van der Waals surface area contributed by atoms with E-state index in [1.807, 2.05) is 57.2 Å². The van der Waals surface area contributed by atoms with Crippen LogP contribution >= 0.6 is 11.8 Å². The molecule has 1 aromatic heterocycles. The van der Waals surface area contributed by atoms with Crippen LogP contribution < -0.4 is 4.74 Å². The molecule has 2 aromatic carbocycles. The van der Waals surface area contributed by atoms with E-state index in [1.165, 1.54) is 11.8 Å². The molecule has 0 unspecified atom stereocenters. The predicted octanol–water partition coefficient (Wildman–Crippen LogP) is 4.77. The Bertz CT molecular complexity index is 888. The molecule has 0 radical (unpaired) electrons. The standard InChI is InChI=1S/C20H18N2O2S/c1-13-6-4-5-7-18(13)19(23)24-16-8-10-17(11-9-16)25-20-21-14(2)12-15(3)22-20/h4-12H,1-3H3. The molecule has 4 nitrogen and oxygen atoms in total.